The van der Waals surface area contributed by atoms with Crippen molar-refractivity contribution in [2.75, 3.05) is 11.9 Å². The van der Waals surface area contributed by atoms with Crippen LogP contribution in [0.5, 0.6) is 0 Å². The second kappa shape index (κ2) is 6.95. The molecule has 0 heterocycles. The van der Waals surface area contributed by atoms with Crippen LogP contribution in [0.4, 0.5) is 5.69 Å². The number of rotatable bonds is 4. The molecule has 2 heteroatoms. The number of anilines is 1. The number of hydrogen-bond donors (Lipinski definition) is 1. The van der Waals surface area contributed by atoms with Crippen LogP contribution in [0.2, 0.25) is 0 Å². The van der Waals surface area contributed by atoms with E-state index >= 15 is 0 Å². The molecule has 1 aliphatic rings. The van der Waals surface area contributed by atoms with Crippen molar-refractivity contribution in [1.82, 2.24) is 0 Å². The van der Waals surface area contributed by atoms with Crippen molar-refractivity contribution in [3.05, 3.63) is 29.8 Å². The molecule has 2 nitrogen and oxygen atoms in total. The molecule has 1 atom stereocenters. The minimum Gasteiger partial charge on any atom is -0.388 e. The lowest BCUT2D eigenvalue weighted by molar-refractivity contribution is 0.173. The molecule has 0 spiro atoms. The summed E-state index contributed by atoms with van der Waals surface area (Å²) in [6.45, 7) is 2.01. The van der Waals surface area contributed by atoms with E-state index in [0.29, 0.717) is 6.04 Å². The Morgan fingerprint density at radius 1 is 1.11 bits per heavy atom. The summed E-state index contributed by atoms with van der Waals surface area (Å²) in [5.41, 5.74) is 2.31. The molecule has 1 N–H and O–H groups in total. The van der Waals surface area contributed by atoms with Gasteiger partial charge in [0.2, 0.25) is 0 Å². The maximum Gasteiger partial charge on any atom is 0.0787 e. The highest BCUT2D eigenvalue weighted by Crippen LogP contribution is 2.26. The normalized spacial score (nSPS) is 18.9. The van der Waals surface area contributed by atoms with Gasteiger partial charge < -0.3 is 10.0 Å². The zero-order chi connectivity index (χ0) is 13.7. The van der Waals surface area contributed by atoms with Gasteiger partial charge in [-0.2, -0.15) is 0 Å². The van der Waals surface area contributed by atoms with Crippen LogP contribution in [0, 0.1) is 0 Å². The SMILES string of the molecule is CC[C@@H](O)c1ccc(N(C)C2CCCCCC2)cc1. The molecule has 0 aromatic heterocycles. The first kappa shape index (κ1) is 14.4. The molecule has 0 aliphatic heterocycles. The van der Waals surface area contributed by atoms with Crippen LogP contribution in [-0.4, -0.2) is 18.2 Å². The fourth-order valence-corrected chi connectivity index (χ4v) is 3.02. The Bertz CT molecular complexity index is 365. The molecule has 1 fully saturated rings. The van der Waals surface area contributed by atoms with Crippen molar-refractivity contribution in [1.29, 1.82) is 0 Å². The summed E-state index contributed by atoms with van der Waals surface area (Å²) < 4.78 is 0. The third kappa shape index (κ3) is 3.73. The predicted octanol–water partition coefficient (Wildman–Crippen LogP) is 4.29. The van der Waals surface area contributed by atoms with E-state index in [0.717, 1.165) is 12.0 Å². The van der Waals surface area contributed by atoms with Gasteiger partial charge in [0, 0.05) is 18.8 Å². The van der Waals surface area contributed by atoms with Gasteiger partial charge in [-0.05, 0) is 37.0 Å². The highest BCUT2D eigenvalue weighted by Gasteiger charge is 2.17. The van der Waals surface area contributed by atoms with Gasteiger partial charge in [-0.1, -0.05) is 44.7 Å². The topological polar surface area (TPSA) is 23.5 Å². The van der Waals surface area contributed by atoms with Gasteiger partial charge in [0.05, 0.1) is 6.10 Å². The minimum atomic E-state index is -0.322. The highest BCUT2D eigenvalue weighted by molar-refractivity contribution is 5.48. The molecule has 106 valence electrons. The summed E-state index contributed by atoms with van der Waals surface area (Å²) in [6.07, 6.45) is 8.60. The average Bonchev–Trinajstić information content (AvgIpc) is 2.75. The molecule has 0 radical (unpaired) electrons. The van der Waals surface area contributed by atoms with Crippen LogP contribution in [-0.2, 0) is 0 Å². The molecule has 19 heavy (non-hydrogen) atoms. The summed E-state index contributed by atoms with van der Waals surface area (Å²) in [5, 5.41) is 9.83. The maximum absolute atomic E-state index is 9.83. The number of benzene rings is 1. The van der Waals surface area contributed by atoms with Crippen molar-refractivity contribution >= 4 is 5.69 Å². The summed E-state index contributed by atoms with van der Waals surface area (Å²) in [7, 11) is 2.21. The fourth-order valence-electron chi connectivity index (χ4n) is 3.02. The second-order valence-corrected chi connectivity index (χ2v) is 5.77. The second-order valence-electron chi connectivity index (χ2n) is 5.77. The van der Waals surface area contributed by atoms with Gasteiger partial charge in [-0.25, -0.2) is 0 Å². The first-order valence-electron chi connectivity index (χ1n) is 7.73. The Morgan fingerprint density at radius 3 is 2.21 bits per heavy atom. The van der Waals surface area contributed by atoms with Gasteiger partial charge in [-0.3, -0.25) is 0 Å². The van der Waals surface area contributed by atoms with E-state index in [1.54, 1.807) is 0 Å². The summed E-state index contributed by atoms with van der Waals surface area (Å²) in [5.74, 6) is 0. The van der Waals surface area contributed by atoms with E-state index in [4.69, 9.17) is 0 Å². The van der Waals surface area contributed by atoms with Crippen LogP contribution in [0.3, 0.4) is 0 Å². The van der Waals surface area contributed by atoms with Crippen LogP contribution in [0.15, 0.2) is 24.3 Å². The molecular formula is C17H27NO. The molecule has 1 aliphatic carbocycles. The van der Waals surface area contributed by atoms with Crippen molar-refractivity contribution in [2.24, 2.45) is 0 Å². The van der Waals surface area contributed by atoms with E-state index in [2.05, 4.69) is 36.2 Å². The quantitative estimate of drug-likeness (QED) is 0.817. The molecule has 0 bridgehead atoms. The fraction of sp³-hybridized carbons (Fsp3) is 0.647. The smallest absolute Gasteiger partial charge is 0.0787 e. The molecular weight excluding hydrogens is 234 g/mol. The Morgan fingerprint density at radius 2 is 1.68 bits per heavy atom. The molecule has 0 unspecified atom stereocenters. The van der Waals surface area contributed by atoms with Gasteiger partial charge in [0.1, 0.15) is 0 Å². The lowest BCUT2D eigenvalue weighted by Crippen LogP contribution is -2.30. The molecule has 0 saturated heterocycles. The highest BCUT2D eigenvalue weighted by atomic mass is 16.3. The third-order valence-electron chi connectivity index (χ3n) is 4.44. The Labute approximate surface area is 117 Å². The number of nitrogens with zero attached hydrogens (tertiary/aromatic N) is 1. The Balaban J connectivity index is 2.03. The van der Waals surface area contributed by atoms with Crippen LogP contribution >= 0.6 is 0 Å². The Hall–Kier alpha value is -1.02. The zero-order valence-electron chi connectivity index (χ0n) is 12.3. The molecule has 0 amide bonds. The first-order chi connectivity index (χ1) is 9.22. The Kier molecular flexibility index (Phi) is 5.26. The van der Waals surface area contributed by atoms with Gasteiger partial charge in [0.25, 0.3) is 0 Å². The molecule has 2 rings (SSSR count). The van der Waals surface area contributed by atoms with E-state index in [1.807, 2.05) is 6.92 Å². The minimum absolute atomic E-state index is 0.322. The lowest BCUT2D eigenvalue weighted by atomic mass is 10.0. The average molecular weight is 261 g/mol. The monoisotopic (exact) mass is 261 g/mol. The van der Waals surface area contributed by atoms with Crippen molar-refractivity contribution in [3.63, 3.8) is 0 Å². The summed E-state index contributed by atoms with van der Waals surface area (Å²) in [6, 6.07) is 9.12. The van der Waals surface area contributed by atoms with Crippen LogP contribution < -0.4 is 4.90 Å². The number of hydrogen-bond acceptors (Lipinski definition) is 2. The van der Waals surface area contributed by atoms with Crippen LogP contribution in [0.25, 0.3) is 0 Å². The molecule has 1 saturated carbocycles. The number of aliphatic hydroxyl groups is 1. The molecule has 1 aromatic rings. The lowest BCUT2D eigenvalue weighted by Gasteiger charge is -2.29. The van der Waals surface area contributed by atoms with E-state index < -0.39 is 0 Å². The molecule has 1 aromatic carbocycles. The third-order valence-corrected chi connectivity index (χ3v) is 4.44. The predicted molar refractivity (Wildman–Crippen MR) is 81.6 cm³/mol. The van der Waals surface area contributed by atoms with Gasteiger partial charge in [-0.15, -0.1) is 0 Å². The van der Waals surface area contributed by atoms with E-state index in [-0.39, 0.29) is 6.10 Å². The van der Waals surface area contributed by atoms with Crippen molar-refractivity contribution in [3.8, 4) is 0 Å². The van der Waals surface area contributed by atoms with E-state index in [9.17, 15) is 5.11 Å². The summed E-state index contributed by atoms with van der Waals surface area (Å²) in [4.78, 5) is 2.42. The maximum atomic E-state index is 9.83. The first-order valence-corrected chi connectivity index (χ1v) is 7.73. The van der Waals surface area contributed by atoms with Crippen LogP contribution in [0.1, 0.15) is 63.5 Å². The largest absolute Gasteiger partial charge is 0.388 e. The van der Waals surface area contributed by atoms with Crippen molar-refractivity contribution in [2.45, 2.75) is 64.0 Å². The van der Waals surface area contributed by atoms with Crippen molar-refractivity contribution < 1.29 is 5.11 Å². The number of aliphatic hydroxyl groups excluding tert-OH is 1. The standard InChI is InChI=1S/C17H27NO/c1-3-17(19)14-10-12-16(13-11-14)18(2)15-8-6-4-5-7-9-15/h10-13,15,17,19H,3-9H2,1-2H3/t17-/m1/s1. The summed E-state index contributed by atoms with van der Waals surface area (Å²) >= 11 is 0. The van der Waals surface area contributed by atoms with Gasteiger partial charge in [0.15, 0.2) is 0 Å². The van der Waals surface area contributed by atoms with Gasteiger partial charge >= 0.3 is 0 Å². The van der Waals surface area contributed by atoms with E-state index in [1.165, 1.54) is 44.2 Å². The zero-order valence-corrected chi connectivity index (χ0v) is 12.3.